The van der Waals surface area contributed by atoms with Crippen LogP contribution in [0.15, 0.2) is 42.1 Å². The molecule has 0 bridgehead atoms. The van der Waals surface area contributed by atoms with E-state index in [1.807, 2.05) is 0 Å². The Balaban J connectivity index is 1.48. The molecule has 1 fully saturated rings. The number of fused-ring (bicyclic) bond motifs is 1. The summed E-state index contributed by atoms with van der Waals surface area (Å²) in [4.78, 5) is 30.5. The van der Waals surface area contributed by atoms with Gasteiger partial charge in [-0.3, -0.25) is 9.78 Å². The molecule has 0 radical (unpaired) electrons. The number of thiophene rings is 1. The van der Waals surface area contributed by atoms with E-state index in [-0.39, 0.29) is 26.2 Å². The van der Waals surface area contributed by atoms with Gasteiger partial charge >= 0.3 is 6.09 Å². The average molecular weight is 481 g/mol. The molecule has 0 aromatic carbocycles. The van der Waals surface area contributed by atoms with Gasteiger partial charge in [0.05, 0.1) is 22.9 Å². The van der Waals surface area contributed by atoms with Crippen LogP contribution in [0.25, 0.3) is 17.0 Å². The molecule has 4 heterocycles. The summed E-state index contributed by atoms with van der Waals surface area (Å²) in [6.45, 7) is -0.00144. The maximum absolute atomic E-state index is 12.6. The number of pyridine rings is 1. The van der Waals surface area contributed by atoms with E-state index in [4.69, 9.17) is 11.6 Å². The number of piperazine rings is 1. The summed E-state index contributed by atoms with van der Waals surface area (Å²) in [5, 5.41) is 11.3. The lowest BCUT2D eigenvalue weighted by molar-refractivity contribution is -0.134. The number of rotatable bonds is 5. The molecule has 0 saturated carbocycles. The molecule has 0 atom stereocenters. The van der Waals surface area contributed by atoms with E-state index in [0.717, 1.165) is 14.3 Å². The highest BCUT2D eigenvalue weighted by molar-refractivity contribution is 7.92. The van der Waals surface area contributed by atoms with E-state index >= 15 is 0 Å². The number of carboxylic acid groups (broad SMARTS) is 1. The van der Waals surface area contributed by atoms with Gasteiger partial charge in [0.1, 0.15) is 0 Å². The summed E-state index contributed by atoms with van der Waals surface area (Å²) >= 11 is 7.10. The molecule has 0 spiro atoms. The normalized spacial score (nSPS) is 15.9. The third kappa shape index (κ3) is 4.49. The van der Waals surface area contributed by atoms with Gasteiger partial charge in [-0.25, -0.2) is 17.8 Å². The largest absolute Gasteiger partial charge is 0.464 e. The lowest BCUT2D eigenvalue weighted by Gasteiger charge is -2.33. The van der Waals surface area contributed by atoms with Crippen LogP contribution in [0.3, 0.4) is 0 Å². The van der Waals surface area contributed by atoms with Crippen LogP contribution in [0.2, 0.25) is 4.34 Å². The van der Waals surface area contributed by atoms with Gasteiger partial charge < -0.3 is 10.0 Å². The Hall–Kier alpha value is -2.73. The number of hydrogen-bond acceptors (Lipinski definition) is 6. The van der Waals surface area contributed by atoms with Gasteiger partial charge in [-0.2, -0.15) is 4.31 Å². The first kappa shape index (κ1) is 21.5. The van der Waals surface area contributed by atoms with E-state index in [9.17, 15) is 23.1 Å². The van der Waals surface area contributed by atoms with Crippen molar-refractivity contribution in [2.24, 2.45) is 0 Å². The standard InChI is InChI=1S/C19H17ClN4O5S2/c20-17-2-1-15(30-17)4-8-31(28,29)23-7-6-22(18(25)12-23)11-14-9-13-10-21-5-3-16(13)24(14)19(26)27/h1-5,8-10H,6-7,11-12H2,(H,26,27). The second kappa shape index (κ2) is 8.42. The van der Waals surface area contributed by atoms with Crippen molar-refractivity contribution < 1.29 is 23.1 Å². The van der Waals surface area contributed by atoms with Gasteiger partial charge in [-0.05, 0) is 30.3 Å². The van der Waals surface area contributed by atoms with E-state index in [1.54, 1.807) is 30.5 Å². The molecule has 9 nitrogen and oxygen atoms in total. The van der Waals surface area contributed by atoms with Gasteiger partial charge in [0.2, 0.25) is 15.9 Å². The predicted molar refractivity (Wildman–Crippen MR) is 117 cm³/mol. The summed E-state index contributed by atoms with van der Waals surface area (Å²) in [7, 11) is -3.78. The van der Waals surface area contributed by atoms with Crippen molar-refractivity contribution in [1.29, 1.82) is 0 Å². The summed E-state index contributed by atoms with van der Waals surface area (Å²) < 4.78 is 27.9. The van der Waals surface area contributed by atoms with Crippen molar-refractivity contribution >= 4 is 61.9 Å². The molecule has 12 heteroatoms. The number of amides is 1. The van der Waals surface area contributed by atoms with Crippen LogP contribution in [0.4, 0.5) is 4.79 Å². The fourth-order valence-corrected chi connectivity index (χ4v) is 5.55. The highest BCUT2D eigenvalue weighted by Crippen LogP contribution is 2.24. The first-order valence-electron chi connectivity index (χ1n) is 9.13. The fraction of sp³-hybridized carbons (Fsp3) is 0.211. The highest BCUT2D eigenvalue weighted by atomic mass is 35.5. The second-order valence-electron chi connectivity index (χ2n) is 6.83. The van der Waals surface area contributed by atoms with Crippen molar-refractivity contribution in [3.05, 3.63) is 57.0 Å². The first-order valence-corrected chi connectivity index (χ1v) is 11.8. The number of halogens is 1. The molecule has 3 aromatic heterocycles. The lowest BCUT2D eigenvalue weighted by Crippen LogP contribution is -2.51. The number of aromatic nitrogens is 2. The minimum absolute atomic E-state index is 0.0528. The van der Waals surface area contributed by atoms with Gasteiger partial charge in [0.15, 0.2) is 0 Å². The zero-order valence-electron chi connectivity index (χ0n) is 16.0. The third-order valence-corrected chi connectivity index (χ3v) is 7.57. The molecule has 1 aliphatic rings. The summed E-state index contributed by atoms with van der Waals surface area (Å²) in [6, 6.07) is 6.64. The zero-order chi connectivity index (χ0) is 22.2. The predicted octanol–water partition coefficient (Wildman–Crippen LogP) is 2.92. The Morgan fingerprint density at radius 2 is 2.10 bits per heavy atom. The maximum Gasteiger partial charge on any atom is 0.416 e. The topological polar surface area (TPSA) is 113 Å². The minimum atomic E-state index is -3.78. The van der Waals surface area contributed by atoms with Crippen molar-refractivity contribution in [2.45, 2.75) is 6.54 Å². The van der Waals surface area contributed by atoms with Crippen molar-refractivity contribution in [2.75, 3.05) is 19.6 Å². The summed E-state index contributed by atoms with van der Waals surface area (Å²) in [6.07, 6.45) is 3.33. The van der Waals surface area contributed by atoms with Crippen LogP contribution in [0.5, 0.6) is 0 Å². The van der Waals surface area contributed by atoms with Crippen molar-refractivity contribution in [3.8, 4) is 0 Å². The molecule has 1 aliphatic heterocycles. The molecule has 162 valence electrons. The monoisotopic (exact) mass is 480 g/mol. The van der Waals surface area contributed by atoms with Crippen molar-refractivity contribution in [3.63, 3.8) is 0 Å². The number of hydrogen-bond donors (Lipinski definition) is 1. The quantitative estimate of drug-likeness (QED) is 0.600. The maximum atomic E-state index is 12.6. The van der Waals surface area contributed by atoms with E-state index < -0.39 is 22.0 Å². The molecule has 3 aromatic rings. The summed E-state index contributed by atoms with van der Waals surface area (Å²) in [5.41, 5.74) is 0.889. The zero-order valence-corrected chi connectivity index (χ0v) is 18.4. The Bertz CT molecular complexity index is 1300. The Kier molecular flexibility index (Phi) is 5.84. The molecule has 1 N–H and O–H groups in total. The van der Waals surface area contributed by atoms with Gasteiger partial charge in [0, 0.05) is 46.8 Å². The summed E-state index contributed by atoms with van der Waals surface area (Å²) in [5.74, 6) is -0.400. The van der Waals surface area contributed by atoms with Gasteiger partial charge in [0.25, 0.3) is 0 Å². The van der Waals surface area contributed by atoms with Crippen LogP contribution in [-0.4, -0.2) is 63.9 Å². The van der Waals surface area contributed by atoms with Gasteiger partial charge in [-0.15, -0.1) is 11.3 Å². The molecular formula is C19H17ClN4O5S2. The fourth-order valence-electron chi connectivity index (χ4n) is 3.38. The Morgan fingerprint density at radius 1 is 1.29 bits per heavy atom. The Morgan fingerprint density at radius 3 is 2.77 bits per heavy atom. The van der Waals surface area contributed by atoms with Crippen LogP contribution in [0, 0.1) is 0 Å². The van der Waals surface area contributed by atoms with E-state index in [2.05, 4.69) is 4.98 Å². The number of nitrogens with zero attached hydrogens (tertiary/aromatic N) is 4. The number of sulfonamides is 1. The van der Waals surface area contributed by atoms with Gasteiger partial charge in [-0.1, -0.05) is 11.6 Å². The van der Waals surface area contributed by atoms with Crippen LogP contribution >= 0.6 is 22.9 Å². The van der Waals surface area contributed by atoms with Crippen LogP contribution < -0.4 is 0 Å². The van der Waals surface area contributed by atoms with Crippen LogP contribution in [0.1, 0.15) is 10.6 Å². The molecule has 0 aliphatic carbocycles. The average Bonchev–Trinajstić information content (AvgIpc) is 3.30. The first-order chi connectivity index (χ1) is 14.7. The molecule has 4 rings (SSSR count). The Labute approximate surface area is 186 Å². The lowest BCUT2D eigenvalue weighted by atomic mass is 10.3. The smallest absolute Gasteiger partial charge is 0.416 e. The van der Waals surface area contributed by atoms with E-state index in [1.165, 1.54) is 28.5 Å². The number of carbonyl (C=O) groups excluding carboxylic acids is 1. The molecule has 1 amide bonds. The third-order valence-electron chi connectivity index (χ3n) is 4.86. The molecule has 31 heavy (non-hydrogen) atoms. The molecule has 1 saturated heterocycles. The molecule has 0 unspecified atom stereocenters. The number of carbonyl (C=O) groups is 2. The minimum Gasteiger partial charge on any atom is -0.464 e. The van der Waals surface area contributed by atoms with Crippen molar-refractivity contribution in [1.82, 2.24) is 18.8 Å². The second-order valence-corrected chi connectivity index (χ2v) is 10.4. The van der Waals surface area contributed by atoms with E-state index in [0.29, 0.717) is 25.8 Å². The van der Waals surface area contributed by atoms with Crippen LogP contribution in [-0.2, 0) is 21.4 Å². The molecular weight excluding hydrogens is 464 g/mol. The SMILES string of the molecule is O=C1CN(S(=O)(=O)C=Cc2ccc(Cl)s2)CCN1Cc1cc2cnccc2n1C(=O)O. The highest BCUT2D eigenvalue weighted by Gasteiger charge is 2.31.